The van der Waals surface area contributed by atoms with Gasteiger partial charge in [-0.3, -0.25) is 0 Å². The molecule has 1 aliphatic heterocycles. The SMILES string of the molecule is c1ccc(-c2cc(CN(c3ccccc3)c3ccc4c(c3)sc3cc5c(cc34)C3(c4ccccc4S5)c4ccccc4-c4ccccc43)cc(-c3cccc4oc5ccccc5c34)c2)cc1. The van der Waals surface area contributed by atoms with Crippen LogP contribution in [0, 0.1) is 0 Å². The van der Waals surface area contributed by atoms with Crippen LogP contribution >= 0.6 is 23.1 Å². The van der Waals surface area contributed by atoms with E-state index in [1.165, 1.54) is 91.2 Å². The number of rotatable bonds is 6. The minimum Gasteiger partial charge on any atom is -0.456 e. The van der Waals surface area contributed by atoms with E-state index >= 15 is 0 Å². The molecular formula is C62H39NOS2. The highest BCUT2D eigenvalue weighted by atomic mass is 32.2. The Balaban J connectivity index is 0.928. The average molecular weight is 878 g/mol. The van der Waals surface area contributed by atoms with Crippen molar-refractivity contribution >= 4 is 76.6 Å². The first kappa shape index (κ1) is 37.7. The molecule has 2 nitrogen and oxygen atoms in total. The number of benzene rings is 10. The van der Waals surface area contributed by atoms with Crippen LogP contribution in [0.15, 0.2) is 239 Å². The molecule has 10 aromatic carbocycles. The van der Waals surface area contributed by atoms with Crippen molar-refractivity contribution < 1.29 is 4.42 Å². The normalized spacial score (nSPS) is 13.3. The van der Waals surface area contributed by atoms with E-state index in [2.05, 4.69) is 223 Å². The molecule has 66 heavy (non-hydrogen) atoms. The van der Waals surface area contributed by atoms with E-state index in [0.717, 1.165) is 33.3 Å². The Hall–Kier alpha value is -7.63. The van der Waals surface area contributed by atoms with Crippen LogP contribution in [0.1, 0.15) is 27.8 Å². The van der Waals surface area contributed by atoms with Gasteiger partial charge in [0.25, 0.3) is 0 Å². The summed E-state index contributed by atoms with van der Waals surface area (Å²) in [6.45, 7) is 0.681. The maximum absolute atomic E-state index is 6.38. The van der Waals surface area contributed by atoms with Crippen molar-refractivity contribution in [3.05, 3.63) is 252 Å². The maximum atomic E-state index is 6.38. The highest BCUT2D eigenvalue weighted by Gasteiger charge is 2.50. The standard InChI is InChI=1S/C62H39NOS2/c1-3-16-40(17-4-1)41-32-39(33-42(34-41)45-23-15-28-56-61(45)49-22-9-13-27-55(49)64-56)38-63(43-18-5-2-6-19-43)44-30-31-48-50-36-54-60(37-59(50)66-58(48)35-44)65-57-29-14-12-26-53(57)62(54)51-24-10-7-20-46(51)47-21-8-11-25-52(47)62/h1-37H,38H2. The van der Waals surface area contributed by atoms with E-state index in [1.807, 2.05) is 29.2 Å². The first-order chi connectivity index (χ1) is 32.7. The lowest BCUT2D eigenvalue weighted by atomic mass is 9.67. The number of para-hydroxylation sites is 2. The number of nitrogens with zero attached hydrogens (tertiary/aromatic N) is 1. The quantitative estimate of drug-likeness (QED) is 0.166. The molecule has 0 bridgehead atoms. The van der Waals surface area contributed by atoms with E-state index in [0.29, 0.717) is 6.54 Å². The van der Waals surface area contributed by atoms with Gasteiger partial charge in [0.05, 0.1) is 5.41 Å². The smallest absolute Gasteiger partial charge is 0.136 e. The fourth-order valence-electron chi connectivity index (χ4n) is 11.2. The maximum Gasteiger partial charge on any atom is 0.136 e. The monoisotopic (exact) mass is 877 g/mol. The summed E-state index contributed by atoms with van der Waals surface area (Å²) < 4.78 is 8.98. The summed E-state index contributed by atoms with van der Waals surface area (Å²) >= 11 is 3.82. The van der Waals surface area contributed by atoms with Gasteiger partial charge in [0.1, 0.15) is 11.2 Å². The van der Waals surface area contributed by atoms with Crippen molar-refractivity contribution in [3.8, 4) is 33.4 Å². The molecule has 0 atom stereocenters. The third kappa shape index (κ3) is 5.62. The van der Waals surface area contributed by atoms with Gasteiger partial charge < -0.3 is 9.32 Å². The molecule has 0 saturated carbocycles. The molecule has 0 saturated heterocycles. The van der Waals surface area contributed by atoms with Crippen molar-refractivity contribution in [3.63, 3.8) is 0 Å². The van der Waals surface area contributed by atoms with Crippen molar-refractivity contribution in [1.29, 1.82) is 0 Å². The second kappa shape index (κ2) is 14.7. The zero-order valence-electron chi connectivity index (χ0n) is 35.7. The highest BCUT2D eigenvalue weighted by Crippen LogP contribution is 2.63. The van der Waals surface area contributed by atoms with E-state index < -0.39 is 5.41 Å². The Kier molecular flexibility index (Phi) is 8.40. The molecule has 0 unspecified atom stereocenters. The third-order valence-electron chi connectivity index (χ3n) is 14.0. The summed E-state index contributed by atoms with van der Waals surface area (Å²) in [6, 6.07) is 82.9. The molecule has 14 rings (SSSR count). The molecule has 2 aliphatic rings. The molecule has 4 heteroatoms. The Morgan fingerprint density at radius 1 is 0.394 bits per heavy atom. The lowest BCUT2D eigenvalue weighted by molar-refractivity contribution is 0.669. The second-order valence-electron chi connectivity index (χ2n) is 17.5. The van der Waals surface area contributed by atoms with Crippen molar-refractivity contribution in [1.82, 2.24) is 0 Å². The largest absolute Gasteiger partial charge is 0.456 e. The molecule has 1 spiro atoms. The minimum atomic E-state index is -0.403. The second-order valence-corrected chi connectivity index (χ2v) is 19.7. The van der Waals surface area contributed by atoms with Crippen LogP contribution in [0.4, 0.5) is 11.4 Å². The molecule has 0 amide bonds. The predicted molar refractivity (Wildman–Crippen MR) is 278 cm³/mol. The molecule has 3 heterocycles. The molecule has 12 aromatic rings. The average Bonchev–Trinajstić information content (AvgIpc) is 4.03. The van der Waals surface area contributed by atoms with Gasteiger partial charge >= 0.3 is 0 Å². The zero-order chi connectivity index (χ0) is 43.3. The molecular weight excluding hydrogens is 839 g/mol. The van der Waals surface area contributed by atoms with Crippen molar-refractivity contribution in [2.45, 2.75) is 21.8 Å². The number of anilines is 2. The van der Waals surface area contributed by atoms with Gasteiger partial charge in [-0.05, 0) is 134 Å². The number of furan rings is 1. The third-order valence-corrected chi connectivity index (χ3v) is 16.2. The number of hydrogen-bond acceptors (Lipinski definition) is 4. The van der Waals surface area contributed by atoms with Gasteiger partial charge in [0.15, 0.2) is 0 Å². The molecule has 0 fully saturated rings. The molecule has 1 aliphatic carbocycles. The topological polar surface area (TPSA) is 16.4 Å². The predicted octanol–water partition coefficient (Wildman–Crippen LogP) is 17.5. The van der Waals surface area contributed by atoms with Gasteiger partial charge in [-0.15, -0.1) is 11.3 Å². The first-order valence-electron chi connectivity index (χ1n) is 22.6. The summed E-state index contributed by atoms with van der Waals surface area (Å²) in [5, 5.41) is 4.89. The fourth-order valence-corrected chi connectivity index (χ4v) is 13.6. The van der Waals surface area contributed by atoms with Gasteiger partial charge in [0, 0.05) is 58.7 Å². The highest BCUT2D eigenvalue weighted by molar-refractivity contribution is 7.99. The summed E-state index contributed by atoms with van der Waals surface area (Å²) in [7, 11) is 0. The Morgan fingerprint density at radius 3 is 1.86 bits per heavy atom. The van der Waals surface area contributed by atoms with Gasteiger partial charge in [-0.25, -0.2) is 0 Å². The lowest BCUT2D eigenvalue weighted by Gasteiger charge is -2.39. The first-order valence-corrected chi connectivity index (χ1v) is 24.2. The number of thiophene rings is 1. The van der Waals surface area contributed by atoms with Crippen LogP contribution in [0.5, 0.6) is 0 Å². The fraction of sp³-hybridized carbons (Fsp3) is 0.0323. The van der Waals surface area contributed by atoms with Gasteiger partial charge in [-0.1, -0.05) is 163 Å². The molecule has 0 radical (unpaired) electrons. The number of fused-ring (bicyclic) bond motifs is 15. The number of hydrogen-bond donors (Lipinski definition) is 0. The van der Waals surface area contributed by atoms with Crippen LogP contribution < -0.4 is 4.90 Å². The van der Waals surface area contributed by atoms with Gasteiger partial charge in [0.2, 0.25) is 0 Å². The lowest BCUT2D eigenvalue weighted by Crippen LogP contribution is -2.31. The van der Waals surface area contributed by atoms with E-state index in [1.54, 1.807) is 0 Å². The van der Waals surface area contributed by atoms with E-state index in [-0.39, 0.29) is 0 Å². The minimum absolute atomic E-state index is 0.403. The molecule has 2 aromatic heterocycles. The summed E-state index contributed by atoms with van der Waals surface area (Å²) in [6.07, 6.45) is 0. The summed E-state index contributed by atoms with van der Waals surface area (Å²) in [5.74, 6) is 0. The summed E-state index contributed by atoms with van der Waals surface area (Å²) in [4.78, 5) is 5.13. The summed E-state index contributed by atoms with van der Waals surface area (Å²) in [5.41, 5.74) is 17.8. The Labute approximate surface area is 391 Å². The molecule has 310 valence electrons. The van der Waals surface area contributed by atoms with Crippen LogP contribution in [-0.4, -0.2) is 0 Å². The van der Waals surface area contributed by atoms with E-state index in [4.69, 9.17) is 4.42 Å². The van der Waals surface area contributed by atoms with Crippen LogP contribution in [0.3, 0.4) is 0 Å². The van der Waals surface area contributed by atoms with Crippen molar-refractivity contribution in [2.24, 2.45) is 0 Å². The van der Waals surface area contributed by atoms with Crippen LogP contribution in [-0.2, 0) is 12.0 Å². The van der Waals surface area contributed by atoms with Crippen LogP contribution in [0.25, 0.3) is 75.5 Å². The Bertz CT molecular complexity index is 3860. The van der Waals surface area contributed by atoms with Crippen molar-refractivity contribution in [2.75, 3.05) is 4.90 Å². The zero-order valence-corrected chi connectivity index (χ0v) is 37.4. The van der Waals surface area contributed by atoms with E-state index in [9.17, 15) is 0 Å². The molecule has 0 N–H and O–H groups in total. The Morgan fingerprint density at radius 2 is 1.05 bits per heavy atom. The van der Waals surface area contributed by atoms with Crippen LogP contribution in [0.2, 0.25) is 0 Å². The van der Waals surface area contributed by atoms with Gasteiger partial charge in [-0.2, -0.15) is 0 Å².